The van der Waals surface area contributed by atoms with Gasteiger partial charge in [0.05, 0.1) is 13.0 Å². The minimum Gasteiger partial charge on any atom is -0.466 e. The molecule has 1 unspecified atom stereocenters. The maximum absolute atomic E-state index is 11.4. The molecule has 2 heterocycles. The number of carbonyl (C=O) groups is 1. The molecule has 19 heavy (non-hydrogen) atoms. The van der Waals surface area contributed by atoms with Crippen molar-refractivity contribution in [3.63, 3.8) is 0 Å². The Hall–Kier alpha value is -1.04. The van der Waals surface area contributed by atoms with E-state index in [9.17, 15) is 4.79 Å². The van der Waals surface area contributed by atoms with Gasteiger partial charge < -0.3 is 9.30 Å². The lowest BCUT2D eigenvalue weighted by Crippen LogP contribution is -2.12. The number of esters is 1. The van der Waals surface area contributed by atoms with Crippen LogP contribution in [0.2, 0.25) is 0 Å². The smallest absolute Gasteiger partial charge is 0.306 e. The first-order valence-electron chi connectivity index (χ1n) is 6.95. The monoisotopic (exact) mass is 283 g/mol. The summed E-state index contributed by atoms with van der Waals surface area (Å²) in [7, 11) is 0. The van der Waals surface area contributed by atoms with Crippen molar-refractivity contribution in [1.29, 1.82) is 0 Å². The highest BCUT2D eigenvalue weighted by Gasteiger charge is 2.18. The summed E-state index contributed by atoms with van der Waals surface area (Å²) in [6.07, 6.45) is 5.07. The number of ether oxygens (including phenoxy) is 1. The number of rotatable bonds is 5. The van der Waals surface area contributed by atoms with Crippen LogP contribution in [0.3, 0.4) is 0 Å². The third-order valence-corrected chi connectivity index (χ3v) is 4.22. The molecule has 0 saturated heterocycles. The van der Waals surface area contributed by atoms with Crippen LogP contribution in [-0.2, 0) is 22.5 Å². The maximum Gasteiger partial charge on any atom is 0.306 e. The van der Waals surface area contributed by atoms with E-state index in [4.69, 9.17) is 4.74 Å². The van der Waals surface area contributed by atoms with Gasteiger partial charge in [0.2, 0.25) is 0 Å². The topological polar surface area (TPSA) is 57.0 Å². The lowest BCUT2D eigenvalue weighted by Gasteiger charge is -2.11. The van der Waals surface area contributed by atoms with Gasteiger partial charge in [-0.3, -0.25) is 4.79 Å². The Morgan fingerprint density at radius 1 is 1.42 bits per heavy atom. The summed E-state index contributed by atoms with van der Waals surface area (Å²) in [6, 6.07) is 0. The molecule has 1 aliphatic heterocycles. The first-order chi connectivity index (χ1) is 9.20. The summed E-state index contributed by atoms with van der Waals surface area (Å²) in [6.45, 7) is 5.29. The minimum atomic E-state index is -0.141. The summed E-state index contributed by atoms with van der Waals surface area (Å²) in [5, 5.41) is 9.62. The zero-order valence-corrected chi connectivity index (χ0v) is 12.4. The van der Waals surface area contributed by atoms with E-state index in [0.717, 1.165) is 23.9 Å². The van der Waals surface area contributed by atoms with Crippen LogP contribution in [0.4, 0.5) is 0 Å². The van der Waals surface area contributed by atoms with Gasteiger partial charge in [-0.1, -0.05) is 25.1 Å². The zero-order valence-electron chi connectivity index (χ0n) is 11.6. The van der Waals surface area contributed by atoms with Crippen molar-refractivity contribution in [3.05, 3.63) is 5.82 Å². The second-order valence-electron chi connectivity index (χ2n) is 4.80. The fraction of sp³-hybridized carbons (Fsp3) is 0.769. The summed E-state index contributed by atoms with van der Waals surface area (Å²) < 4.78 is 7.18. The first-order valence-corrected chi connectivity index (χ1v) is 7.83. The molecule has 6 heteroatoms. The minimum absolute atomic E-state index is 0.141. The summed E-state index contributed by atoms with van der Waals surface area (Å²) in [5.41, 5.74) is 0. The Balaban J connectivity index is 1.95. The molecular weight excluding hydrogens is 262 g/mol. The van der Waals surface area contributed by atoms with Crippen molar-refractivity contribution in [3.8, 4) is 0 Å². The van der Waals surface area contributed by atoms with Gasteiger partial charge in [0.15, 0.2) is 5.16 Å². The number of hydrogen-bond donors (Lipinski definition) is 0. The van der Waals surface area contributed by atoms with E-state index in [-0.39, 0.29) is 11.2 Å². The summed E-state index contributed by atoms with van der Waals surface area (Å²) in [4.78, 5) is 11.4. The van der Waals surface area contributed by atoms with E-state index in [0.29, 0.717) is 13.0 Å². The molecular formula is C13H21N3O2S. The molecule has 0 N–H and O–H groups in total. The van der Waals surface area contributed by atoms with Crippen LogP contribution >= 0.6 is 11.8 Å². The number of aryl methyl sites for hydroxylation is 1. The molecule has 0 aromatic carbocycles. The SMILES string of the molecule is CCOC(=O)CC(C)Sc1nnc2n1CCCCC2. The number of carbonyl (C=O) groups excluding carboxylic acids is 1. The van der Waals surface area contributed by atoms with E-state index in [2.05, 4.69) is 14.8 Å². The Bertz CT molecular complexity index is 434. The second-order valence-corrected chi connectivity index (χ2v) is 6.20. The van der Waals surface area contributed by atoms with Gasteiger partial charge in [0.1, 0.15) is 5.82 Å². The normalized spacial score (nSPS) is 16.5. The molecule has 2 rings (SSSR count). The molecule has 0 bridgehead atoms. The molecule has 1 atom stereocenters. The van der Waals surface area contributed by atoms with Gasteiger partial charge in [0.25, 0.3) is 0 Å². The van der Waals surface area contributed by atoms with Crippen LogP contribution in [-0.4, -0.2) is 32.6 Å². The Morgan fingerprint density at radius 2 is 2.26 bits per heavy atom. The van der Waals surface area contributed by atoms with E-state index >= 15 is 0 Å². The zero-order chi connectivity index (χ0) is 13.7. The summed E-state index contributed by atoms with van der Waals surface area (Å²) in [5.74, 6) is 0.946. The molecule has 0 spiro atoms. The highest BCUT2D eigenvalue weighted by Crippen LogP contribution is 2.26. The maximum atomic E-state index is 11.4. The summed E-state index contributed by atoms with van der Waals surface area (Å²) >= 11 is 1.62. The van der Waals surface area contributed by atoms with E-state index in [1.807, 2.05) is 13.8 Å². The largest absolute Gasteiger partial charge is 0.466 e. The molecule has 0 radical (unpaired) electrons. The van der Waals surface area contributed by atoms with Crippen molar-refractivity contribution in [1.82, 2.24) is 14.8 Å². The third-order valence-electron chi connectivity index (χ3n) is 3.14. The predicted molar refractivity (Wildman–Crippen MR) is 74.1 cm³/mol. The highest BCUT2D eigenvalue weighted by atomic mass is 32.2. The van der Waals surface area contributed by atoms with Crippen molar-refractivity contribution in [2.75, 3.05) is 6.61 Å². The van der Waals surface area contributed by atoms with Crippen LogP contribution in [0.5, 0.6) is 0 Å². The standard InChI is InChI=1S/C13H21N3O2S/c1-3-18-12(17)9-10(2)19-13-15-14-11-7-5-4-6-8-16(11)13/h10H,3-9H2,1-2H3. The van der Waals surface area contributed by atoms with E-state index in [1.54, 1.807) is 11.8 Å². The molecule has 0 saturated carbocycles. The first kappa shape index (κ1) is 14.4. The average molecular weight is 283 g/mol. The quantitative estimate of drug-likeness (QED) is 0.613. The molecule has 1 aromatic rings. The third kappa shape index (κ3) is 3.96. The highest BCUT2D eigenvalue weighted by molar-refractivity contribution is 7.99. The number of hydrogen-bond acceptors (Lipinski definition) is 5. The number of aromatic nitrogens is 3. The Morgan fingerprint density at radius 3 is 3.05 bits per heavy atom. The lowest BCUT2D eigenvalue weighted by atomic mass is 10.2. The molecule has 1 aromatic heterocycles. The van der Waals surface area contributed by atoms with Gasteiger partial charge >= 0.3 is 5.97 Å². The van der Waals surface area contributed by atoms with E-state index in [1.165, 1.54) is 19.3 Å². The van der Waals surface area contributed by atoms with Gasteiger partial charge in [-0.05, 0) is 19.8 Å². The molecule has 0 aliphatic carbocycles. The van der Waals surface area contributed by atoms with Crippen molar-refractivity contribution >= 4 is 17.7 Å². The molecule has 106 valence electrons. The Kier molecular flexibility index (Phi) is 5.24. The van der Waals surface area contributed by atoms with Crippen LogP contribution in [0.15, 0.2) is 5.16 Å². The lowest BCUT2D eigenvalue weighted by molar-refractivity contribution is -0.142. The molecule has 5 nitrogen and oxygen atoms in total. The molecule has 0 fully saturated rings. The number of fused-ring (bicyclic) bond motifs is 1. The number of thioether (sulfide) groups is 1. The number of nitrogens with zero attached hydrogens (tertiary/aromatic N) is 3. The second kappa shape index (κ2) is 6.93. The molecule has 0 amide bonds. The van der Waals surface area contributed by atoms with Crippen LogP contribution < -0.4 is 0 Å². The Labute approximate surface area is 118 Å². The fourth-order valence-corrected chi connectivity index (χ4v) is 3.21. The predicted octanol–water partition coefficient (Wildman–Crippen LogP) is 2.44. The van der Waals surface area contributed by atoms with Gasteiger partial charge in [-0.25, -0.2) is 0 Å². The van der Waals surface area contributed by atoms with Crippen LogP contribution in [0.1, 0.15) is 45.4 Å². The van der Waals surface area contributed by atoms with Gasteiger partial charge in [0, 0.05) is 18.2 Å². The van der Waals surface area contributed by atoms with Crippen molar-refractivity contribution in [2.24, 2.45) is 0 Å². The average Bonchev–Trinajstić information content (AvgIpc) is 2.60. The van der Waals surface area contributed by atoms with Gasteiger partial charge in [-0.2, -0.15) is 0 Å². The van der Waals surface area contributed by atoms with Crippen LogP contribution in [0.25, 0.3) is 0 Å². The van der Waals surface area contributed by atoms with E-state index < -0.39 is 0 Å². The van der Waals surface area contributed by atoms with Crippen molar-refractivity contribution < 1.29 is 9.53 Å². The van der Waals surface area contributed by atoms with Gasteiger partial charge in [-0.15, -0.1) is 10.2 Å². The fourth-order valence-electron chi connectivity index (χ4n) is 2.22. The van der Waals surface area contributed by atoms with Crippen LogP contribution in [0, 0.1) is 0 Å². The molecule has 1 aliphatic rings. The van der Waals surface area contributed by atoms with Crippen molar-refractivity contribution in [2.45, 2.75) is 62.9 Å².